The fourth-order valence-electron chi connectivity index (χ4n) is 4.69. The molecule has 0 aliphatic carbocycles. The zero-order valence-electron chi connectivity index (χ0n) is 18.7. The number of aryl methyl sites for hydroxylation is 1. The Hall–Kier alpha value is -3.72. The molecule has 5 rings (SSSR count). The van der Waals surface area contributed by atoms with Gasteiger partial charge in [0.25, 0.3) is 0 Å². The maximum atomic E-state index is 14.6. The fraction of sp³-hybridized carbons (Fsp3) is 0.292. The number of aliphatic hydroxyl groups is 1. The molecule has 3 heterocycles. The Labute approximate surface area is 190 Å². The van der Waals surface area contributed by atoms with Crippen molar-refractivity contribution in [3.05, 3.63) is 54.6 Å². The largest absolute Gasteiger partial charge is 0.394 e. The summed E-state index contributed by atoms with van der Waals surface area (Å²) in [7, 11) is 1.73. The lowest BCUT2D eigenvalue weighted by molar-refractivity contribution is -0.117. The Kier molecular flexibility index (Phi) is 5.13. The summed E-state index contributed by atoms with van der Waals surface area (Å²) in [4.78, 5) is 16.4. The van der Waals surface area contributed by atoms with Crippen molar-refractivity contribution in [3.8, 4) is 11.1 Å². The number of hydrogen-bond donors (Lipinski definition) is 1. The van der Waals surface area contributed by atoms with Crippen LogP contribution in [0.25, 0.3) is 22.0 Å². The lowest BCUT2D eigenvalue weighted by Crippen LogP contribution is -2.48. The number of fused-ring (bicyclic) bond motifs is 2. The molecule has 1 amide bonds. The van der Waals surface area contributed by atoms with E-state index in [4.69, 9.17) is 0 Å². The van der Waals surface area contributed by atoms with Crippen molar-refractivity contribution in [1.29, 1.82) is 0 Å². The van der Waals surface area contributed by atoms with Crippen LogP contribution in [-0.2, 0) is 18.4 Å². The highest BCUT2D eigenvalue weighted by atomic mass is 19.1. The molecular formula is C24H25FN6O2. The van der Waals surface area contributed by atoms with Crippen LogP contribution in [0.3, 0.4) is 0 Å². The number of halogens is 1. The molecule has 0 bridgehead atoms. The van der Waals surface area contributed by atoms with Gasteiger partial charge < -0.3 is 14.9 Å². The summed E-state index contributed by atoms with van der Waals surface area (Å²) in [5.74, 6) is 0.287. The summed E-state index contributed by atoms with van der Waals surface area (Å²) < 4.78 is 17.8. The van der Waals surface area contributed by atoms with E-state index in [0.29, 0.717) is 29.8 Å². The molecule has 1 aliphatic rings. The molecule has 1 N–H and O–H groups in total. The van der Waals surface area contributed by atoms with E-state index >= 15 is 0 Å². The van der Waals surface area contributed by atoms with E-state index in [9.17, 15) is 14.3 Å². The first-order valence-corrected chi connectivity index (χ1v) is 10.9. The highest BCUT2D eigenvalue weighted by molar-refractivity contribution is 6.01. The van der Waals surface area contributed by atoms with Crippen molar-refractivity contribution in [2.75, 3.05) is 23.0 Å². The van der Waals surface area contributed by atoms with Crippen molar-refractivity contribution < 1.29 is 14.3 Å². The quantitative estimate of drug-likeness (QED) is 0.517. The van der Waals surface area contributed by atoms with Crippen LogP contribution in [0.4, 0.5) is 21.6 Å². The second kappa shape index (κ2) is 8.00. The van der Waals surface area contributed by atoms with E-state index < -0.39 is 0 Å². The Morgan fingerprint density at radius 3 is 2.79 bits per heavy atom. The van der Waals surface area contributed by atoms with Gasteiger partial charge in [0.05, 0.1) is 36.8 Å². The lowest BCUT2D eigenvalue weighted by atomic mass is 10.0. The Bertz CT molecular complexity index is 1360. The average molecular weight is 449 g/mol. The van der Waals surface area contributed by atoms with Gasteiger partial charge in [0.2, 0.25) is 5.91 Å². The van der Waals surface area contributed by atoms with Gasteiger partial charge in [0.1, 0.15) is 11.3 Å². The van der Waals surface area contributed by atoms with Crippen LogP contribution in [0.1, 0.15) is 13.8 Å². The number of nitrogens with zero attached hydrogens (tertiary/aromatic N) is 6. The third-order valence-electron chi connectivity index (χ3n) is 6.10. The molecule has 8 nitrogen and oxygen atoms in total. The van der Waals surface area contributed by atoms with Crippen molar-refractivity contribution in [2.24, 2.45) is 7.05 Å². The molecule has 1 aliphatic heterocycles. The normalized spacial score (nSPS) is 15.8. The number of benzene rings is 2. The predicted octanol–water partition coefficient (Wildman–Crippen LogP) is 3.46. The summed E-state index contributed by atoms with van der Waals surface area (Å²) in [6.07, 6.45) is 3.63. The Morgan fingerprint density at radius 1 is 1.21 bits per heavy atom. The summed E-state index contributed by atoms with van der Waals surface area (Å²) in [6, 6.07) is 10.8. The number of hydrogen-bond acceptors (Lipinski definition) is 5. The van der Waals surface area contributed by atoms with Gasteiger partial charge in [-0.05, 0) is 36.8 Å². The van der Waals surface area contributed by atoms with Crippen molar-refractivity contribution in [3.63, 3.8) is 0 Å². The van der Waals surface area contributed by atoms with Crippen LogP contribution in [-0.4, -0.2) is 49.8 Å². The van der Waals surface area contributed by atoms with Gasteiger partial charge in [-0.25, -0.2) is 4.39 Å². The molecule has 0 radical (unpaired) electrons. The zero-order valence-corrected chi connectivity index (χ0v) is 18.7. The molecular weight excluding hydrogens is 423 g/mol. The number of rotatable bonds is 4. The topological polar surface area (TPSA) is 79.4 Å². The number of aromatic nitrogens is 4. The number of para-hydroxylation sites is 1. The maximum Gasteiger partial charge on any atom is 0.224 e. The molecule has 2 aromatic heterocycles. The summed E-state index contributed by atoms with van der Waals surface area (Å²) in [5, 5.41) is 18.9. The second-order valence-corrected chi connectivity index (χ2v) is 8.35. The molecule has 1 atom stereocenters. The van der Waals surface area contributed by atoms with E-state index in [-0.39, 0.29) is 24.4 Å². The SMILES string of the molecule is CC(=O)N1c2ccc(-c3cnn(CCO)c3)cc2N(c2nn(C)c3c(F)cccc23)C[C@@H]1C. The molecule has 0 unspecified atom stereocenters. The Balaban J connectivity index is 1.69. The lowest BCUT2D eigenvalue weighted by Gasteiger charge is -2.41. The van der Waals surface area contributed by atoms with Crippen LogP contribution in [0.2, 0.25) is 0 Å². The maximum absolute atomic E-state index is 14.6. The first kappa shape index (κ1) is 21.1. The van der Waals surface area contributed by atoms with Gasteiger partial charge in [-0.2, -0.15) is 10.2 Å². The van der Waals surface area contributed by atoms with Gasteiger partial charge in [0, 0.05) is 37.7 Å². The van der Waals surface area contributed by atoms with Crippen LogP contribution < -0.4 is 9.80 Å². The molecule has 4 aromatic rings. The second-order valence-electron chi connectivity index (χ2n) is 8.35. The van der Waals surface area contributed by atoms with Gasteiger partial charge in [-0.15, -0.1) is 0 Å². The fourth-order valence-corrected chi connectivity index (χ4v) is 4.69. The van der Waals surface area contributed by atoms with Gasteiger partial charge in [0.15, 0.2) is 5.82 Å². The van der Waals surface area contributed by atoms with Gasteiger partial charge in [-0.3, -0.25) is 14.2 Å². The third kappa shape index (κ3) is 3.45. The van der Waals surface area contributed by atoms with Crippen molar-refractivity contribution in [1.82, 2.24) is 19.6 Å². The standard InChI is InChI=1S/C24H25FN6O2/c1-15-13-30(24-19-5-4-6-20(25)23(19)28(3)27-24)22-11-17(7-8-21(22)31(15)16(2)33)18-12-26-29(14-18)9-10-32/h4-8,11-12,14-15,32H,9-10,13H2,1-3H3/t15-/m0/s1. The zero-order chi connectivity index (χ0) is 23.3. The molecule has 0 saturated carbocycles. The molecule has 0 spiro atoms. The van der Waals surface area contributed by atoms with Crippen LogP contribution in [0.15, 0.2) is 48.8 Å². The first-order chi connectivity index (χ1) is 15.9. The third-order valence-corrected chi connectivity index (χ3v) is 6.10. The molecule has 9 heteroatoms. The average Bonchev–Trinajstić information content (AvgIpc) is 3.38. The number of carbonyl (C=O) groups excluding carboxylic acids is 1. The van der Waals surface area contributed by atoms with E-state index in [1.807, 2.05) is 37.4 Å². The molecule has 33 heavy (non-hydrogen) atoms. The van der Waals surface area contributed by atoms with Crippen LogP contribution in [0.5, 0.6) is 0 Å². The minimum Gasteiger partial charge on any atom is -0.394 e. The Morgan fingerprint density at radius 2 is 2.03 bits per heavy atom. The van der Waals surface area contributed by atoms with E-state index in [1.165, 1.54) is 6.07 Å². The minimum atomic E-state index is -0.325. The van der Waals surface area contributed by atoms with Crippen LogP contribution in [0, 0.1) is 5.82 Å². The highest BCUT2D eigenvalue weighted by Gasteiger charge is 2.33. The van der Waals surface area contributed by atoms with Crippen LogP contribution >= 0.6 is 0 Å². The predicted molar refractivity (Wildman–Crippen MR) is 125 cm³/mol. The van der Waals surface area contributed by atoms with E-state index in [2.05, 4.69) is 15.1 Å². The number of anilines is 3. The molecule has 0 saturated heterocycles. The summed E-state index contributed by atoms with van der Waals surface area (Å²) in [5.41, 5.74) is 3.86. The van der Waals surface area contributed by atoms with Gasteiger partial charge >= 0.3 is 0 Å². The molecule has 2 aromatic carbocycles. The highest BCUT2D eigenvalue weighted by Crippen LogP contribution is 2.43. The van der Waals surface area contributed by atoms with Crippen molar-refractivity contribution >= 4 is 34.0 Å². The number of amides is 1. The molecule has 0 fully saturated rings. The monoisotopic (exact) mass is 448 g/mol. The smallest absolute Gasteiger partial charge is 0.224 e. The summed E-state index contributed by atoms with van der Waals surface area (Å²) >= 11 is 0. The minimum absolute atomic E-state index is 0.00779. The number of aliphatic hydroxyl groups excluding tert-OH is 1. The van der Waals surface area contributed by atoms with E-state index in [1.54, 1.807) is 40.5 Å². The van der Waals surface area contributed by atoms with E-state index in [0.717, 1.165) is 22.5 Å². The van der Waals surface area contributed by atoms with Crippen molar-refractivity contribution in [2.45, 2.75) is 26.4 Å². The van der Waals surface area contributed by atoms with Gasteiger partial charge in [-0.1, -0.05) is 12.1 Å². The molecule has 170 valence electrons. The number of carbonyl (C=O) groups is 1. The first-order valence-electron chi connectivity index (χ1n) is 10.9. The summed E-state index contributed by atoms with van der Waals surface area (Å²) in [6.45, 7) is 4.50.